The fourth-order valence-corrected chi connectivity index (χ4v) is 3.29. The van der Waals surface area contributed by atoms with Crippen molar-refractivity contribution in [1.29, 1.82) is 0 Å². The number of likely N-dealkylation sites (tertiary alicyclic amines) is 1. The molecule has 0 bridgehead atoms. The molecule has 1 saturated heterocycles. The van der Waals surface area contributed by atoms with Crippen LogP contribution in [0.5, 0.6) is 0 Å². The molecule has 1 aliphatic heterocycles. The molecule has 1 atom stereocenters. The van der Waals surface area contributed by atoms with Crippen LogP contribution in [0.4, 0.5) is 5.69 Å². The average Bonchev–Trinajstić information content (AvgIpc) is 3.43. The summed E-state index contributed by atoms with van der Waals surface area (Å²) in [4.78, 5) is 26.6. The number of nitrogens with one attached hydrogen (secondary N) is 1. The Morgan fingerprint density at radius 2 is 1.96 bits per heavy atom. The van der Waals surface area contributed by atoms with Crippen LogP contribution in [0.1, 0.15) is 37.7 Å². The number of benzene rings is 1. The van der Waals surface area contributed by atoms with Gasteiger partial charge in [-0.15, -0.1) is 12.4 Å². The van der Waals surface area contributed by atoms with Crippen molar-refractivity contribution >= 4 is 29.9 Å². The molecule has 0 radical (unpaired) electrons. The topological polar surface area (TPSA) is 75.4 Å². The van der Waals surface area contributed by atoms with Crippen molar-refractivity contribution in [2.45, 2.75) is 38.5 Å². The minimum Gasteiger partial charge on any atom is -0.399 e. The van der Waals surface area contributed by atoms with Gasteiger partial charge in [0, 0.05) is 31.7 Å². The molecule has 3 rings (SSSR count). The van der Waals surface area contributed by atoms with Crippen LogP contribution < -0.4 is 11.1 Å². The molecule has 0 spiro atoms. The van der Waals surface area contributed by atoms with Crippen molar-refractivity contribution in [3.63, 3.8) is 0 Å². The minimum absolute atomic E-state index is 0. The Labute approximate surface area is 155 Å². The van der Waals surface area contributed by atoms with Crippen LogP contribution in [-0.2, 0) is 16.0 Å². The highest BCUT2D eigenvalue weighted by molar-refractivity contribution is 5.85. The van der Waals surface area contributed by atoms with E-state index in [1.807, 2.05) is 29.2 Å². The van der Waals surface area contributed by atoms with Crippen LogP contribution in [0.25, 0.3) is 0 Å². The summed E-state index contributed by atoms with van der Waals surface area (Å²) >= 11 is 0. The third-order valence-electron chi connectivity index (χ3n) is 5.07. The van der Waals surface area contributed by atoms with Crippen molar-refractivity contribution in [3.05, 3.63) is 29.8 Å². The van der Waals surface area contributed by atoms with Crippen LogP contribution in [-0.4, -0.2) is 36.3 Å². The number of halogens is 1. The quantitative estimate of drug-likeness (QED) is 0.760. The van der Waals surface area contributed by atoms with E-state index in [-0.39, 0.29) is 30.1 Å². The van der Waals surface area contributed by atoms with E-state index >= 15 is 0 Å². The molecular formula is C19H28ClN3O2. The number of amides is 2. The lowest BCUT2D eigenvalue weighted by Crippen LogP contribution is -2.45. The zero-order chi connectivity index (χ0) is 16.9. The van der Waals surface area contributed by atoms with Gasteiger partial charge < -0.3 is 16.0 Å². The molecule has 2 aliphatic rings. The summed E-state index contributed by atoms with van der Waals surface area (Å²) in [7, 11) is 0. The van der Waals surface area contributed by atoms with E-state index in [4.69, 9.17) is 5.73 Å². The van der Waals surface area contributed by atoms with Crippen LogP contribution in [0.15, 0.2) is 24.3 Å². The van der Waals surface area contributed by atoms with Gasteiger partial charge in [-0.2, -0.15) is 0 Å². The van der Waals surface area contributed by atoms with E-state index in [1.54, 1.807) is 0 Å². The van der Waals surface area contributed by atoms with Gasteiger partial charge in [0.1, 0.15) is 0 Å². The average molecular weight is 366 g/mol. The number of nitrogen functional groups attached to an aromatic ring is 1. The number of piperidine rings is 1. The van der Waals surface area contributed by atoms with E-state index in [9.17, 15) is 9.59 Å². The van der Waals surface area contributed by atoms with E-state index < -0.39 is 0 Å². The SMILES string of the molecule is Cl.Nc1ccccc1CCC(=O)N1CCCC(C(=O)NCC2CC2)C1. The first-order chi connectivity index (χ1) is 11.6. The maximum absolute atomic E-state index is 12.5. The number of hydrogen-bond acceptors (Lipinski definition) is 3. The van der Waals surface area contributed by atoms with Gasteiger partial charge in [-0.05, 0) is 49.7 Å². The Bertz CT molecular complexity index is 604. The lowest BCUT2D eigenvalue weighted by molar-refractivity contribution is -0.135. The molecule has 1 unspecified atom stereocenters. The summed E-state index contributed by atoms with van der Waals surface area (Å²) in [5, 5.41) is 3.05. The molecule has 1 aromatic carbocycles. The predicted octanol–water partition coefficient (Wildman–Crippen LogP) is 2.39. The molecule has 25 heavy (non-hydrogen) atoms. The number of carbonyl (C=O) groups excluding carboxylic acids is 2. The fourth-order valence-electron chi connectivity index (χ4n) is 3.29. The largest absolute Gasteiger partial charge is 0.399 e. The van der Waals surface area contributed by atoms with Crippen molar-refractivity contribution < 1.29 is 9.59 Å². The molecule has 2 fully saturated rings. The lowest BCUT2D eigenvalue weighted by atomic mass is 9.96. The smallest absolute Gasteiger partial charge is 0.224 e. The summed E-state index contributed by atoms with van der Waals surface area (Å²) in [6.45, 7) is 2.12. The second-order valence-electron chi connectivity index (χ2n) is 7.07. The van der Waals surface area contributed by atoms with Crippen molar-refractivity contribution in [3.8, 4) is 0 Å². The van der Waals surface area contributed by atoms with Crippen molar-refractivity contribution in [2.75, 3.05) is 25.4 Å². The molecule has 1 saturated carbocycles. The molecule has 6 heteroatoms. The molecule has 0 aromatic heterocycles. The van der Waals surface area contributed by atoms with Gasteiger partial charge in [0.05, 0.1) is 5.92 Å². The van der Waals surface area contributed by atoms with E-state index in [1.165, 1.54) is 12.8 Å². The van der Waals surface area contributed by atoms with Crippen molar-refractivity contribution in [2.24, 2.45) is 11.8 Å². The highest BCUT2D eigenvalue weighted by Gasteiger charge is 2.29. The van der Waals surface area contributed by atoms with Gasteiger partial charge in [0.25, 0.3) is 0 Å². The lowest BCUT2D eigenvalue weighted by Gasteiger charge is -2.32. The maximum atomic E-state index is 12.5. The first-order valence-electron chi connectivity index (χ1n) is 9.02. The number of carbonyl (C=O) groups is 2. The van der Waals surface area contributed by atoms with Gasteiger partial charge in [-0.25, -0.2) is 0 Å². The fraction of sp³-hybridized carbons (Fsp3) is 0.579. The summed E-state index contributed by atoms with van der Waals surface area (Å²) in [5.74, 6) is 0.875. The molecule has 5 nitrogen and oxygen atoms in total. The summed E-state index contributed by atoms with van der Waals surface area (Å²) in [6, 6.07) is 7.67. The third kappa shape index (κ3) is 5.63. The zero-order valence-corrected chi connectivity index (χ0v) is 15.4. The first kappa shape index (κ1) is 19.6. The number of rotatable bonds is 6. The van der Waals surface area contributed by atoms with Crippen molar-refractivity contribution in [1.82, 2.24) is 10.2 Å². The number of hydrogen-bond donors (Lipinski definition) is 2. The van der Waals surface area contributed by atoms with Gasteiger partial charge in [-0.3, -0.25) is 9.59 Å². The van der Waals surface area contributed by atoms with Crippen LogP contribution in [0.3, 0.4) is 0 Å². The second kappa shape index (κ2) is 9.09. The molecule has 1 aromatic rings. The minimum atomic E-state index is -0.0526. The highest BCUT2D eigenvalue weighted by atomic mass is 35.5. The van der Waals surface area contributed by atoms with Gasteiger partial charge in [0.15, 0.2) is 0 Å². The van der Waals surface area contributed by atoms with Crippen LogP contribution in [0, 0.1) is 11.8 Å². The standard InChI is InChI=1S/C19H27N3O2.ClH/c20-17-6-2-1-4-15(17)9-10-18(23)22-11-3-5-16(13-22)19(24)21-12-14-7-8-14;/h1-2,4,6,14,16H,3,5,7-13,20H2,(H,21,24);1H. The summed E-state index contributed by atoms with van der Waals surface area (Å²) in [6.07, 6.45) is 5.36. The molecule has 1 heterocycles. The number of nitrogens with zero attached hydrogens (tertiary/aromatic N) is 1. The second-order valence-corrected chi connectivity index (χ2v) is 7.07. The highest BCUT2D eigenvalue weighted by Crippen LogP contribution is 2.28. The maximum Gasteiger partial charge on any atom is 0.224 e. The molecule has 138 valence electrons. The number of aryl methyl sites for hydroxylation is 1. The molecule has 1 aliphatic carbocycles. The monoisotopic (exact) mass is 365 g/mol. The molecular weight excluding hydrogens is 338 g/mol. The van der Waals surface area contributed by atoms with E-state index in [0.717, 1.165) is 37.2 Å². The first-order valence-corrected chi connectivity index (χ1v) is 9.02. The summed E-state index contributed by atoms with van der Waals surface area (Å²) < 4.78 is 0. The van der Waals surface area contributed by atoms with Gasteiger partial charge in [-0.1, -0.05) is 18.2 Å². The van der Waals surface area contributed by atoms with Gasteiger partial charge >= 0.3 is 0 Å². The predicted molar refractivity (Wildman–Crippen MR) is 101 cm³/mol. The molecule has 3 N–H and O–H groups in total. The number of anilines is 1. The Morgan fingerprint density at radius 1 is 1.20 bits per heavy atom. The normalized spacial score (nSPS) is 19.8. The Hall–Kier alpha value is -1.75. The third-order valence-corrected chi connectivity index (χ3v) is 5.07. The Kier molecular flexibility index (Phi) is 7.12. The van der Waals surface area contributed by atoms with Gasteiger partial charge in [0.2, 0.25) is 11.8 Å². The number of para-hydroxylation sites is 1. The van der Waals surface area contributed by atoms with Crippen LogP contribution >= 0.6 is 12.4 Å². The Morgan fingerprint density at radius 3 is 2.68 bits per heavy atom. The van der Waals surface area contributed by atoms with Crippen LogP contribution in [0.2, 0.25) is 0 Å². The zero-order valence-electron chi connectivity index (χ0n) is 14.6. The number of nitrogens with two attached hydrogens (primary N) is 1. The van der Waals surface area contributed by atoms with E-state index in [2.05, 4.69) is 5.32 Å². The Balaban J connectivity index is 0.00000225. The summed E-state index contributed by atoms with van der Waals surface area (Å²) in [5.41, 5.74) is 7.68. The van der Waals surface area contributed by atoms with E-state index in [0.29, 0.717) is 25.3 Å². The molecule has 2 amide bonds.